The van der Waals surface area contributed by atoms with Gasteiger partial charge in [-0.15, -0.1) is 0 Å². The standard InChI is InChI=1S/C14H14N2O3/c1-9-4-10(7-15-9)5-14(17)16-11-2-3-12-13(6-11)19-8-18-12/h2-4,6-7,15H,5,8H2,1H3,(H,16,17). The number of carbonyl (C=O) groups excluding carboxylic acids is 1. The minimum Gasteiger partial charge on any atom is -0.454 e. The van der Waals surface area contributed by atoms with E-state index in [1.54, 1.807) is 18.2 Å². The Balaban J connectivity index is 1.66. The third-order valence-corrected chi connectivity index (χ3v) is 2.91. The number of rotatable bonds is 3. The number of aryl methyl sites for hydroxylation is 1. The summed E-state index contributed by atoms with van der Waals surface area (Å²) >= 11 is 0. The molecule has 1 aromatic carbocycles. The molecule has 5 nitrogen and oxygen atoms in total. The van der Waals surface area contributed by atoms with Crippen LogP contribution in [-0.2, 0) is 11.2 Å². The highest BCUT2D eigenvalue weighted by atomic mass is 16.7. The lowest BCUT2D eigenvalue weighted by molar-refractivity contribution is -0.115. The van der Waals surface area contributed by atoms with Gasteiger partial charge in [-0.2, -0.15) is 0 Å². The van der Waals surface area contributed by atoms with Crippen LogP contribution in [0.4, 0.5) is 5.69 Å². The number of hydrogen-bond acceptors (Lipinski definition) is 3. The van der Waals surface area contributed by atoms with E-state index < -0.39 is 0 Å². The lowest BCUT2D eigenvalue weighted by Crippen LogP contribution is -2.13. The lowest BCUT2D eigenvalue weighted by Gasteiger charge is -2.05. The van der Waals surface area contributed by atoms with Crippen LogP contribution in [0.5, 0.6) is 11.5 Å². The SMILES string of the molecule is Cc1cc(CC(=O)Nc2ccc3c(c2)OCO3)c[nH]1. The Hall–Kier alpha value is -2.43. The zero-order chi connectivity index (χ0) is 13.2. The fourth-order valence-corrected chi connectivity index (χ4v) is 2.03. The van der Waals surface area contributed by atoms with E-state index in [1.165, 1.54) is 0 Å². The molecule has 2 N–H and O–H groups in total. The van der Waals surface area contributed by atoms with E-state index in [-0.39, 0.29) is 12.7 Å². The van der Waals surface area contributed by atoms with Gasteiger partial charge in [0.1, 0.15) is 0 Å². The van der Waals surface area contributed by atoms with Crippen molar-refractivity contribution in [3.8, 4) is 11.5 Å². The van der Waals surface area contributed by atoms with Crippen LogP contribution in [0.15, 0.2) is 30.5 Å². The second kappa shape index (κ2) is 4.68. The number of hydrogen-bond donors (Lipinski definition) is 2. The van der Waals surface area contributed by atoms with Crippen molar-refractivity contribution in [2.24, 2.45) is 0 Å². The van der Waals surface area contributed by atoms with Gasteiger partial charge in [0.05, 0.1) is 6.42 Å². The molecule has 1 aliphatic rings. The van der Waals surface area contributed by atoms with E-state index >= 15 is 0 Å². The second-order valence-corrected chi connectivity index (χ2v) is 4.48. The van der Waals surface area contributed by atoms with Crippen LogP contribution in [0, 0.1) is 6.92 Å². The number of benzene rings is 1. The fraction of sp³-hybridized carbons (Fsp3) is 0.214. The maximum Gasteiger partial charge on any atom is 0.231 e. The van der Waals surface area contributed by atoms with Gasteiger partial charge in [-0.3, -0.25) is 4.79 Å². The summed E-state index contributed by atoms with van der Waals surface area (Å²) in [6, 6.07) is 7.31. The predicted molar refractivity (Wildman–Crippen MR) is 70.4 cm³/mol. The average molecular weight is 258 g/mol. The van der Waals surface area contributed by atoms with Crippen LogP contribution < -0.4 is 14.8 Å². The van der Waals surface area contributed by atoms with E-state index in [0.717, 1.165) is 11.3 Å². The van der Waals surface area contributed by atoms with Gasteiger partial charge in [0.2, 0.25) is 12.7 Å². The van der Waals surface area contributed by atoms with Crippen molar-refractivity contribution in [3.05, 3.63) is 41.7 Å². The first-order valence-corrected chi connectivity index (χ1v) is 6.04. The quantitative estimate of drug-likeness (QED) is 0.887. The van der Waals surface area contributed by atoms with Gasteiger partial charge in [0, 0.05) is 23.6 Å². The number of H-pyrrole nitrogens is 1. The summed E-state index contributed by atoms with van der Waals surface area (Å²) in [5, 5.41) is 2.84. The molecule has 19 heavy (non-hydrogen) atoms. The number of aromatic amines is 1. The molecule has 2 heterocycles. The van der Waals surface area contributed by atoms with Crippen LogP contribution >= 0.6 is 0 Å². The van der Waals surface area contributed by atoms with Crippen LogP contribution in [0.25, 0.3) is 0 Å². The first-order chi connectivity index (χ1) is 9.20. The smallest absolute Gasteiger partial charge is 0.231 e. The Morgan fingerprint density at radius 1 is 1.32 bits per heavy atom. The molecule has 3 rings (SSSR count). The summed E-state index contributed by atoms with van der Waals surface area (Å²) in [7, 11) is 0. The van der Waals surface area contributed by atoms with Crippen molar-refractivity contribution in [1.82, 2.24) is 4.98 Å². The molecule has 0 saturated heterocycles. The topological polar surface area (TPSA) is 63.4 Å². The second-order valence-electron chi connectivity index (χ2n) is 4.48. The summed E-state index contributed by atoms with van der Waals surface area (Å²) < 4.78 is 10.5. The van der Waals surface area contributed by atoms with Gasteiger partial charge in [-0.1, -0.05) is 0 Å². The molecule has 0 spiro atoms. The van der Waals surface area contributed by atoms with E-state index in [1.807, 2.05) is 19.2 Å². The molecule has 0 saturated carbocycles. The van der Waals surface area contributed by atoms with E-state index in [0.29, 0.717) is 23.6 Å². The van der Waals surface area contributed by atoms with Crippen LogP contribution in [0.1, 0.15) is 11.3 Å². The molecule has 1 aliphatic heterocycles. The minimum absolute atomic E-state index is 0.0575. The summed E-state index contributed by atoms with van der Waals surface area (Å²) in [6.07, 6.45) is 2.19. The summed E-state index contributed by atoms with van der Waals surface area (Å²) in [6.45, 7) is 2.19. The molecule has 0 radical (unpaired) electrons. The van der Waals surface area contributed by atoms with Gasteiger partial charge >= 0.3 is 0 Å². The normalized spacial score (nSPS) is 12.5. The third kappa shape index (κ3) is 2.54. The Bertz CT molecular complexity index is 619. The number of carbonyl (C=O) groups is 1. The molecule has 98 valence electrons. The zero-order valence-corrected chi connectivity index (χ0v) is 10.5. The van der Waals surface area contributed by atoms with Crippen molar-refractivity contribution in [2.45, 2.75) is 13.3 Å². The maximum atomic E-state index is 11.9. The van der Waals surface area contributed by atoms with Crippen LogP contribution in [0.2, 0.25) is 0 Å². The average Bonchev–Trinajstić information content (AvgIpc) is 2.97. The summed E-state index contributed by atoms with van der Waals surface area (Å²) in [5.74, 6) is 1.31. The van der Waals surface area contributed by atoms with E-state index in [4.69, 9.17) is 9.47 Å². The lowest BCUT2D eigenvalue weighted by atomic mass is 10.2. The Morgan fingerprint density at radius 3 is 2.95 bits per heavy atom. The minimum atomic E-state index is -0.0575. The van der Waals surface area contributed by atoms with Crippen molar-refractivity contribution >= 4 is 11.6 Å². The zero-order valence-electron chi connectivity index (χ0n) is 10.5. The largest absolute Gasteiger partial charge is 0.454 e. The highest BCUT2D eigenvalue weighted by Crippen LogP contribution is 2.34. The Morgan fingerprint density at radius 2 is 2.16 bits per heavy atom. The molecule has 2 aromatic rings. The van der Waals surface area contributed by atoms with Gasteiger partial charge in [-0.05, 0) is 30.7 Å². The van der Waals surface area contributed by atoms with Crippen molar-refractivity contribution < 1.29 is 14.3 Å². The van der Waals surface area contributed by atoms with Crippen LogP contribution in [0.3, 0.4) is 0 Å². The predicted octanol–water partition coefficient (Wildman–Crippen LogP) is 2.23. The number of ether oxygens (including phenoxy) is 2. The number of fused-ring (bicyclic) bond motifs is 1. The molecule has 1 amide bonds. The first-order valence-electron chi connectivity index (χ1n) is 6.04. The molecule has 0 bridgehead atoms. The molecule has 1 aromatic heterocycles. The van der Waals surface area contributed by atoms with E-state index in [2.05, 4.69) is 10.3 Å². The number of nitrogens with one attached hydrogen (secondary N) is 2. The Labute approximate surface area is 110 Å². The van der Waals surface area contributed by atoms with E-state index in [9.17, 15) is 4.79 Å². The Kier molecular flexibility index (Phi) is 2.87. The van der Waals surface area contributed by atoms with Gasteiger partial charge < -0.3 is 19.8 Å². The molecule has 0 aliphatic carbocycles. The number of aromatic nitrogens is 1. The molecule has 0 fully saturated rings. The summed E-state index contributed by atoms with van der Waals surface area (Å²) in [5.41, 5.74) is 2.73. The van der Waals surface area contributed by atoms with Crippen molar-refractivity contribution in [2.75, 3.05) is 12.1 Å². The highest BCUT2D eigenvalue weighted by Gasteiger charge is 2.14. The van der Waals surface area contributed by atoms with Crippen LogP contribution in [-0.4, -0.2) is 17.7 Å². The maximum absolute atomic E-state index is 11.9. The number of amides is 1. The monoisotopic (exact) mass is 258 g/mol. The molecular weight excluding hydrogens is 244 g/mol. The van der Waals surface area contributed by atoms with Crippen molar-refractivity contribution in [3.63, 3.8) is 0 Å². The van der Waals surface area contributed by atoms with Gasteiger partial charge in [-0.25, -0.2) is 0 Å². The molecule has 0 atom stereocenters. The highest BCUT2D eigenvalue weighted by molar-refractivity contribution is 5.92. The van der Waals surface area contributed by atoms with Gasteiger partial charge in [0.15, 0.2) is 11.5 Å². The molecule has 0 unspecified atom stereocenters. The van der Waals surface area contributed by atoms with Crippen molar-refractivity contribution in [1.29, 1.82) is 0 Å². The molecular formula is C14H14N2O3. The fourth-order valence-electron chi connectivity index (χ4n) is 2.03. The molecule has 5 heteroatoms. The first kappa shape index (κ1) is 11.6. The third-order valence-electron chi connectivity index (χ3n) is 2.91. The summed E-state index contributed by atoms with van der Waals surface area (Å²) in [4.78, 5) is 14.9. The van der Waals surface area contributed by atoms with Gasteiger partial charge in [0.25, 0.3) is 0 Å². The number of anilines is 1.